The fourth-order valence-electron chi connectivity index (χ4n) is 2.92. The fraction of sp³-hybridized carbons (Fsp3) is 0.571. The second-order valence-corrected chi connectivity index (χ2v) is 5.86. The Labute approximate surface area is 131 Å². The number of amides is 1. The van der Waals surface area contributed by atoms with Crippen molar-refractivity contribution in [2.24, 2.45) is 14.1 Å². The van der Waals surface area contributed by atoms with Crippen LogP contribution in [0.2, 0.25) is 0 Å². The van der Waals surface area contributed by atoms with Gasteiger partial charge in [-0.25, -0.2) is 9.78 Å². The third-order valence-electron chi connectivity index (χ3n) is 4.19. The lowest BCUT2D eigenvalue weighted by atomic mass is 10.1. The first-order valence-corrected chi connectivity index (χ1v) is 7.60. The summed E-state index contributed by atoms with van der Waals surface area (Å²) in [7, 11) is 2.96. The third-order valence-corrected chi connectivity index (χ3v) is 4.19. The summed E-state index contributed by atoms with van der Waals surface area (Å²) in [6.07, 6.45) is 3.39. The minimum atomic E-state index is -0.451. The maximum atomic E-state index is 12.3. The second kappa shape index (κ2) is 5.99. The number of piperidine rings is 1. The standard InChI is InChI=1S/C14H20N6O3/c1-18-12-11(13(22)19(2)14(18)23)20(8-16-12)7-10(21)17-9-4-3-5-15-6-9/h8-9,15H,3-7H2,1-2H3,(H,17,21)/t9-/m0/s1. The predicted molar refractivity (Wildman–Crippen MR) is 84.2 cm³/mol. The molecule has 9 heteroatoms. The van der Waals surface area contributed by atoms with Gasteiger partial charge in [0.2, 0.25) is 5.91 Å². The molecule has 0 saturated carbocycles. The molecule has 1 fully saturated rings. The van der Waals surface area contributed by atoms with E-state index in [9.17, 15) is 14.4 Å². The van der Waals surface area contributed by atoms with Crippen molar-refractivity contribution in [1.82, 2.24) is 29.3 Å². The number of carbonyl (C=O) groups excluding carboxylic acids is 1. The molecule has 0 aliphatic carbocycles. The van der Waals surface area contributed by atoms with Gasteiger partial charge in [0.15, 0.2) is 11.2 Å². The highest BCUT2D eigenvalue weighted by Gasteiger charge is 2.18. The van der Waals surface area contributed by atoms with Gasteiger partial charge in [0.25, 0.3) is 5.56 Å². The number of carbonyl (C=O) groups is 1. The maximum absolute atomic E-state index is 12.3. The van der Waals surface area contributed by atoms with Gasteiger partial charge in [-0.05, 0) is 19.4 Å². The van der Waals surface area contributed by atoms with E-state index in [1.807, 2.05) is 0 Å². The van der Waals surface area contributed by atoms with Gasteiger partial charge in [-0.15, -0.1) is 0 Å². The monoisotopic (exact) mass is 320 g/mol. The molecule has 124 valence electrons. The summed E-state index contributed by atoms with van der Waals surface area (Å²) in [5, 5.41) is 6.19. The van der Waals surface area contributed by atoms with Crippen LogP contribution in [0.3, 0.4) is 0 Å². The zero-order valence-corrected chi connectivity index (χ0v) is 13.2. The molecule has 3 heterocycles. The first kappa shape index (κ1) is 15.5. The smallest absolute Gasteiger partial charge is 0.332 e. The SMILES string of the molecule is Cn1c(=O)c2c(ncn2CC(=O)N[C@H]2CCCNC2)n(C)c1=O. The van der Waals surface area contributed by atoms with Crippen molar-refractivity contribution in [2.45, 2.75) is 25.4 Å². The third kappa shape index (κ3) is 2.79. The Bertz CT molecular complexity index is 856. The zero-order valence-electron chi connectivity index (χ0n) is 13.2. The summed E-state index contributed by atoms with van der Waals surface area (Å²) >= 11 is 0. The van der Waals surface area contributed by atoms with E-state index in [1.165, 1.54) is 22.5 Å². The van der Waals surface area contributed by atoms with Gasteiger partial charge in [0, 0.05) is 26.7 Å². The number of fused-ring (bicyclic) bond motifs is 1. The van der Waals surface area contributed by atoms with Crippen molar-refractivity contribution in [3.63, 3.8) is 0 Å². The van der Waals surface area contributed by atoms with Crippen molar-refractivity contribution < 1.29 is 4.79 Å². The van der Waals surface area contributed by atoms with Crippen LogP contribution >= 0.6 is 0 Å². The first-order chi connectivity index (χ1) is 11.0. The number of aryl methyl sites for hydroxylation is 1. The average Bonchev–Trinajstić information content (AvgIpc) is 2.95. The predicted octanol–water partition coefficient (Wildman–Crippen LogP) is -1.70. The minimum absolute atomic E-state index is 0.000440. The Morgan fingerprint density at radius 3 is 2.87 bits per heavy atom. The number of nitrogens with one attached hydrogen (secondary N) is 2. The maximum Gasteiger partial charge on any atom is 0.332 e. The van der Waals surface area contributed by atoms with Gasteiger partial charge >= 0.3 is 5.69 Å². The van der Waals surface area contributed by atoms with Crippen LogP contribution in [0, 0.1) is 0 Å². The number of hydrogen-bond acceptors (Lipinski definition) is 5. The van der Waals surface area contributed by atoms with Crippen molar-refractivity contribution in [3.8, 4) is 0 Å². The van der Waals surface area contributed by atoms with Crippen LogP contribution < -0.4 is 21.9 Å². The van der Waals surface area contributed by atoms with Crippen LogP contribution in [-0.4, -0.2) is 43.7 Å². The van der Waals surface area contributed by atoms with Gasteiger partial charge in [-0.3, -0.25) is 18.7 Å². The first-order valence-electron chi connectivity index (χ1n) is 7.60. The van der Waals surface area contributed by atoms with E-state index >= 15 is 0 Å². The van der Waals surface area contributed by atoms with E-state index in [0.29, 0.717) is 0 Å². The number of nitrogens with zero attached hydrogens (tertiary/aromatic N) is 4. The van der Waals surface area contributed by atoms with Crippen molar-refractivity contribution in [2.75, 3.05) is 13.1 Å². The number of aromatic nitrogens is 4. The Hall–Kier alpha value is -2.42. The minimum Gasteiger partial charge on any atom is -0.351 e. The lowest BCUT2D eigenvalue weighted by Crippen LogP contribution is -2.46. The largest absolute Gasteiger partial charge is 0.351 e. The topological polar surface area (TPSA) is 103 Å². The Morgan fingerprint density at radius 2 is 2.17 bits per heavy atom. The molecule has 1 aliphatic heterocycles. The molecular formula is C14H20N6O3. The molecule has 23 heavy (non-hydrogen) atoms. The normalized spacial score (nSPS) is 18.3. The summed E-state index contributed by atoms with van der Waals surface area (Å²) in [5.41, 5.74) is -0.352. The molecule has 1 saturated heterocycles. The summed E-state index contributed by atoms with van der Waals surface area (Å²) in [6, 6.07) is 0.109. The molecule has 1 atom stereocenters. The molecule has 2 aromatic rings. The van der Waals surface area contributed by atoms with E-state index in [1.54, 1.807) is 7.05 Å². The molecule has 0 unspecified atom stereocenters. The molecule has 1 aliphatic rings. The summed E-state index contributed by atoms with van der Waals surface area (Å²) in [5.74, 6) is -0.172. The molecule has 0 radical (unpaired) electrons. The van der Waals surface area contributed by atoms with Crippen molar-refractivity contribution in [3.05, 3.63) is 27.2 Å². The molecule has 0 spiro atoms. The highest BCUT2D eigenvalue weighted by molar-refractivity contribution is 5.79. The number of hydrogen-bond donors (Lipinski definition) is 2. The number of rotatable bonds is 3. The summed E-state index contributed by atoms with van der Waals surface area (Å²) < 4.78 is 3.81. The van der Waals surface area contributed by atoms with E-state index < -0.39 is 11.2 Å². The van der Waals surface area contributed by atoms with Gasteiger partial charge in [0.1, 0.15) is 6.54 Å². The molecular weight excluding hydrogens is 300 g/mol. The lowest BCUT2D eigenvalue weighted by Gasteiger charge is -2.23. The highest BCUT2D eigenvalue weighted by Crippen LogP contribution is 2.06. The van der Waals surface area contributed by atoms with Crippen LogP contribution in [-0.2, 0) is 25.4 Å². The second-order valence-electron chi connectivity index (χ2n) is 5.86. The van der Waals surface area contributed by atoms with Crippen LogP contribution in [0.1, 0.15) is 12.8 Å². The molecule has 2 N–H and O–H groups in total. The van der Waals surface area contributed by atoms with E-state index in [2.05, 4.69) is 15.6 Å². The Kier molecular flexibility index (Phi) is 4.03. The molecule has 0 aromatic carbocycles. The zero-order chi connectivity index (χ0) is 16.6. The summed E-state index contributed by atoms with van der Waals surface area (Å²) in [4.78, 5) is 40.5. The van der Waals surface area contributed by atoms with Crippen molar-refractivity contribution >= 4 is 17.1 Å². The Balaban J connectivity index is 1.87. The molecule has 9 nitrogen and oxygen atoms in total. The van der Waals surface area contributed by atoms with Gasteiger partial charge < -0.3 is 15.2 Å². The number of imidazole rings is 1. The fourth-order valence-corrected chi connectivity index (χ4v) is 2.92. The molecule has 2 aromatic heterocycles. The van der Waals surface area contributed by atoms with Crippen LogP contribution in [0.25, 0.3) is 11.2 Å². The molecule has 3 rings (SSSR count). The van der Waals surface area contributed by atoms with Crippen molar-refractivity contribution in [1.29, 1.82) is 0 Å². The quantitative estimate of drug-likeness (QED) is 0.702. The Morgan fingerprint density at radius 1 is 1.39 bits per heavy atom. The van der Waals surface area contributed by atoms with E-state index in [0.717, 1.165) is 30.5 Å². The lowest BCUT2D eigenvalue weighted by molar-refractivity contribution is -0.122. The average molecular weight is 320 g/mol. The van der Waals surface area contributed by atoms with Crippen LogP contribution in [0.4, 0.5) is 0 Å². The van der Waals surface area contributed by atoms with Gasteiger partial charge in [-0.1, -0.05) is 0 Å². The van der Waals surface area contributed by atoms with Crippen LogP contribution in [0.15, 0.2) is 15.9 Å². The molecule has 0 bridgehead atoms. The highest BCUT2D eigenvalue weighted by atomic mass is 16.2. The van der Waals surface area contributed by atoms with Gasteiger partial charge in [-0.2, -0.15) is 0 Å². The van der Waals surface area contributed by atoms with E-state index in [-0.39, 0.29) is 29.7 Å². The molecule has 1 amide bonds. The van der Waals surface area contributed by atoms with Gasteiger partial charge in [0.05, 0.1) is 6.33 Å². The van der Waals surface area contributed by atoms with Crippen LogP contribution in [0.5, 0.6) is 0 Å². The summed E-state index contributed by atoms with van der Waals surface area (Å²) in [6.45, 7) is 1.73. The van der Waals surface area contributed by atoms with E-state index in [4.69, 9.17) is 0 Å².